The molecule has 1 fully saturated rings. The predicted octanol–water partition coefficient (Wildman–Crippen LogP) is 2.22. The van der Waals surface area contributed by atoms with Crippen LogP contribution in [0.5, 0.6) is 0 Å². The van der Waals surface area contributed by atoms with E-state index in [1.807, 2.05) is 18.7 Å². The van der Waals surface area contributed by atoms with E-state index in [4.69, 9.17) is 5.73 Å². The topological polar surface area (TPSA) is 75.4 Å². The first kappa shape index (κ1) is 19.4. The molecule has 0 unspecified atom stereocenters. The van der Waals surface area contributed by atoms with Crippen molar-refractivity contribution in [3.05, 3.63) is 35.6 Å². The first-order valence-corrected chi connectivity index (χ1v) is 8.93. The summed E-state index contributed by atoms with van der Waals surface area (Å²) in [5.41, 5.74) is 6.22. The summed E-state index contributed by atoms with van der Waals surface area (Å²) in [6, 6.07) is 5.24. The largest absolute Gasteiger partial charge is 0.368 e. The van der Waals surface area contributed by atoms with Gasteiger partial charge in [-0.1, -0.05) is 39.3 Å². The maximum absolute atomic E-state index is 13.1. The van der Waals surface area contributed by atoms with Crippen LogP contribution < -0.4 is 11.1 Å². The zero-order valence-corrected chi connectivity index (χ0v) is 15.2. The van der Waals surface area contributed by atoms with E-state index < -0.39 is 11.9 Å². The molecule has 5 nitrogen and oxygen atoms in total. The molecular weight excluding hydrogens is 321 g/mol. The molecule has 0 spiro atoms. The molecule has 1 aliphatic heterocycles. The third kappa shape index (κ3) is 4.78. The minimum atomic E-state index is -0.660. The molecule has 0 saturated carbocycles. The third-order valence-corrected chi connectivity index (χ3v) is 4.93. The average molecular weight is 349 g/mol. The second kappa shape index (κ2) is 8.43. The van der Waals surface area contributed by atoms with Gasteiger partial charge in [0, 0.05) is 25.0 Å². The molecule has 6 heteroatoms. The number of nitrogens with zero attached hydrogens (tertiary/aromatic N) is 1. The fourth-order valence-corrected chi connectivity index (χ4v) is 3.44. The van der Waals surface area contributed by atoms with Gasteiger partial charge in [-0.25, -0.2) is 4.39 Å². The van der Waals surface area contributed by atoms with Crippen molar-refractivity contribution in [2.45, 2.75) is 45.7 Å². The number of amides is 2. The number of rotatable bonds is 6. The maximum Gasteiger partial charge on any atom is 0.239 e. The Morgan fingerprint density at radius 2 is 1.96 bits per heavy atom. The van der Waals surface area contributed by atoms with Crippen LogP contribution in [0.25, 0.3) is 0 Å². The van der Waals surface area contributed by atoms with Crippen LogP contribution in [-0.2, 0) is 9.59 Å². The molecule has 1 aromatic rings. The molecule has 3 atom stereocenters. The molecule has 3 N–H and O–H groups in total. The standard InChI is InChI=1S/C19H28FN3O2/c1-4-13-11-23(19(25)12(2)3)10-9-16(13)22-17(18(21)24)14-5-7-15(20)8-6-14/h5-8,12-13,16-17,22H,4,9-11H2,1-3H3,(H2,21,24)/t13-,16-,17+/m1/s1. The molecule has 1 aromatic carbocycles. The number of carbonyl (C=O) groups is 2. The molecule has 138 valence electrons. The van der Waals surface area contributed by atoms with Crippen LogP contribution in [0.1, 0.15) is 45.2 Å². The van der Waals surface area contributed by atoms with Gasteiger partial charge in [0.25, 0.3) is 0 Å². The highest BCUT2D eigenvalue weighted by Gasteiger charge is 2.33. The van der Waals surface area contributed by atoms with E-state index in [1.165, 1.54) is 12.1 Å². The van der Waals surface area contributed by atoms with Crippen LogP contribution in [-0.4, -0.2) is 35.8 Å². The van der Waals surface area contributed by atoms with E-state index in [1.54, 1.807) is 12.1 Å². The van der Waals surface area contributed by atoms with Crippen molar-refractivity contribution >= 4 is 11.8 Å². The number of benzene rings is 1. The Hall–Kier alpha value is -1.95. The van der Waals surface area contributed by atoms with E-state index >= 15 is 0 Å². The summed E-state index contributed by atoms with van der Waals surface area (Å²) >= 11 is 0. The molecule has 1 saturated heterocycles. The molecule has 1 heterocycles. The van der Waals surface area contributed by atoms with Gasteiger partial charge in [0.1, 0.15) is 11.9 Å². The van der Waals surface area contributed by atoms with Crippen LogP contribution in [0.2, 0.25) is 0 Å². The lowest BCUT2D eigenvalue weighted by molar-refractivity contribution is -0.137. The molecular formula is C19H28FN3O2. The van der Waals surface area contributed by atoms with Crippen LogP contribution >= 0.6 is 0 Å². The Kier molecular flexibility index (Phi) is 6.53. The normalized spacial score (nSPS) is 22.0. The number of carbonyl (C=O) groups excluding carboxylic acids is 2. The highest BCUT2D eigenvalue weighted by molar-refractivity contribution is 5.81. The first-order valence-electron chi connectivity index (χ1n) is 8.93. The minimum Gasteiger partial charge on any atom is -0.368 e. The zero-order valence-electron chi connectivity index (χ0n) is 15.2. The monoisotopic (exact) mass is 349 g/mol. The number of halogens is 1. The lowest BCUT2D eigenvalue weighted by atomic mass is 9.88. The van der Waals surface area contributed by atoms with Gasteiger partial charge in [-0.2, -0.15) is 0 Å². The van der Waals surface area contributed by atoms with Gasteiger partial charge in [0.05, 0.1) is 0 Å². The lowest BCUT2D eigenvalue weighted by Crippen LogP contribution is -2.53. The first-order chi connectivity index (χ1) is 11.8. The van der Waals surface area contributed by atoms with E-state index in [0.717, 1.165) is 12.8 Å². The van der Waals surface area contributed by atoms with E-state index in [0.29, 0.717) is 18.7 Å². The summed E-state index contributed by atoms with van der Waals surface area (Å²) in [7, 11) is 0. The maximum atomic E-state index is 13.1. The van der Waals surface area contributed by atoms with E-state index in [9.17, 15) is 14.0 Å². The molecule has 0 aromatic heterocycles. The smallest absolute Gasteiger partial charge is 0.239 e. The summed E-state index contributed by atoms with van der Waals surface area (Å²) in [5.74, 6) is -0.429. The Bertz CT molecular complexity index is 603. The summed E-state index contributed by atoms with van der Waals surface area (Å²) in [5, 5.41) is 3.35. The van der Waals surface area contributed by atoms with Gasteiger partial charge in [-0.05, 0) is 30.0 Å². The highest BCUT2D eigenvalue weighted by atomic mass is 19.1. The third-order valence-electron chi connectivity index (χ3n) is 4.93. The summed E-state index contributed by atoms with van der Waals surface area (Å²) in [6.45, 7) is 7.25. The summed E-state index contributed by atoms with van der Waals surface area (Å²) in [4.78, 5) is 26.1. The Morgan fingerprint density at radius 1 is 1.32 bits per heavy atom. The fourth-order valence-electron chi connectivity index (χ4n) is 3.44. The van der Waals surface area contributed by atoms with Crippen LogP contribution in [0, 0.1) is 17.7 Å². The van der Waals surface area contributed by atoms with Crippen molar-refractivity contribution in [1.29, 1.82) is 0 Å². The van der Waals surface area contributed by atoms with E-state index in [-0.39, 0.29) is 29.6 Å². The van der Waals surface area contributed by atoms with Gasteiger partial charge < -0.3 is 10.6 Å². The number of nitrogens with two attached hydrogens (primary N) is 1. The molecule has 0 radical (unpaired) electrons. The van der Waals surface area contributed by atoms with Gasteiger partial charge in [-0.3, -0.25) is 14.9 Å². The molecule has 2 rings (SSSR count). The molecule has 0 aliphatic carbocycles. The van der Waals surface area contributed by atoms with Gasteiger partial charge in [0.15, 0.2) is 0 Å². The quantitative estimate of drug-likeness (QED) is 0.827. The number of piperidine rings is 1. The van der Waals surface area contributed by atoms with Crippen molar-refractivity contribution < 1.29 is 14.0 Å². The number of nitrogens with one attached hydrogen (secondary N) is 1. The van der Waals surface area contributed by atoms with Crippen LogP contribution in [0.4, 0.5) is 4.39 Å². The van der Waals surface area contributed by atoms with Crippen molar-refractivity contribution in [3.8, 4) is 0 Å². The average Bonchev–Trinajstić information content (AvgIpc) is 2.59. The zero-order chi connectivity index (χ0) is 18.6. The highest BCUT2D eigenvalue weighted by Crippen LogP contribution is 2.25. The Morgan fingerprint density at radius 3 is 2.48 bits per heavy atom. The van der Waals surface area contributed by atoms with Crippen LogP contribution in [0.15, 0.2) is 24.3 Å². The molecule has 2 amide bonds. The summed E-state index contributed by atoms with van der Waals surface area (Å²) < 4.78 is 13.1. The minimum absolute atomic E-state index is 0.0143. The molecule has 25 heavy (non-hydrogen) atoms. The Labute approximate surface area is 148 Å². The number of primary amides is 1. The Balaban J connectivity index is 2.10. The molecule has 0 bridgehead atoms. The summed E-state index contributed by atoms with van der Waals surface area (Å²) in [6.07, 6.45) is 1.66. The van der Waals surface area contributed by atoms with E-state index in [2.05, 4.69) is 12.2 Å². The van der Waals surface area contributed by atoms with Gasteiger partial charge in [0.2, 0.25) is 11.8 Å². The lowest BCUT2D eigenvalue weighted by Gasteiger charge is -2.40. The van der Waals surface area contributed by atoms with Crippen molar-refractivity contribution in [3.63, 3.8) is 0 Å². The molecule has 1 aliphatic rings. The number of hydrogen-bond acceptors (Lipinski definition) is 3. The van der Waals surface area contributed by atoms with Crippen molar-refractivity contribution in [2.75, 3.05) is 13.1 Å². The fraction of sp³-hybridized carbons (Fsp3) is 0.579. The van der Waals surface area contributed by atoms with Gasteiger partial charge >= 0.3 is 0 Å². The second-order valence-electron chi connectivity index (χ2n) is 7.06. The number of likely N-dealkylation sites (tertiary alicyclic amines) is 1. The predicted molar refractivity (Wildman–Crippen MR) is 95.1 cm³/mol. The van der Waals surface area contributed by atoms with Crippen molar-refractivity contribution in [1.82, 2.24) is 10.2 Å². The van der Waals surface area contributed by atoms with Crippen LogP contribution in [0.3, 0.4) is 0 Å². The van der Waals surface area contributed by atoms with Gasteiger partial charge in [-0.15, -0.1) is 0 Å². The number of hydrogen-bond donors (Lipinski definition) is 2. The van der Waals surface area contributed by atoms with Crippen molar-refractivity contribution in [2.24, 2.45) is 17.6 Å². The SMILES string of the molecule is CC[C@@H]1CN(C(=O)C(C)C)CC[C@H]1N[C@H](C(N)=O)c1ccc(F)cc1. The second-order valence-corrected chi connectivity index (χ2v) is 7.06.